The summed E-state index contributed by atoms with van der Waals surface area (Å²) in [6.07, 6.45) is 2.92. The quantitative estimate of drug-likeness (QED) is 0.688. The van der Waals surface area contributed by atoms with Gasteiger partial charge >= 0.3 is 0 Å². The van der Waals surface area contributed by atoms with Crippen LogP contribution in [-0.4, -0.2) is 28.2 Å². The third kappa shape index (κ3) is 3.29. The van der Waals surface area contributed by atoms with Crippen LogP contribution >= 0.6 is 0 Å². The summed E-state index contributed by atoms with van der Waals surface area (Å²) in [4.78, 5) is 10.9. The molecule has 0 aliphatic rings. The molecule has 72 valence electrons. The molecular weight excluding hydrogens is 168 g/mol. The molecule has 0 aliphatic carbocycles. The van der Waals surface area contributed by atoms with E-state index in [1.165, 1.54) is 6.92 Å². The van der Waals surface area contributed by atoms with Crippen LogP contribution in [0.1, 0.15) is 6.92 Å². The van der Waals surface area contributed by atoms with Gasteiger partial charge in [-0.05, 0) is 19.1 Å². The van der Waals surface area contributed by atoms with Gasteiger partial charge in [0.1, 0.15) is 6.10 Å². The van der Waals surface area contributed by atoms with E-state index in [0.29, 0.717) is 6.54 Å². The van der Waals surface area contributed by atoms with E-state index in [-0.39, 0.29) is 5.91 Å². The van der Waals surface area contributed by atoms with Crippen LogP contribution in [0.25, 0.3) is 0 Å². The fourth-order valence-electron chi connectivity index (χ4n) is 0.975. The average Bonchev–Trinajstić information content (AvgIpc) is 2.56. The summed E-state index contributed by atoms with van der Waals surface area (Å²) in [6, 6.07) is 3.85. The summed E-state index contributed by atoms with van der Waals surface area (Å²) < 4.78 is 1.96. The number of aromatic nitrogens is 1. The molecule has 0 fully saturated rings. The predicted molar refractivity (Wildman–Crippen MR) is 49.1 cm³/mol. The van der Waals surface area contributed by atoms with Gasteiger partial charge in [-0.2, -0.15) is 0 Å². The molecule has 0 aliphatic heterocycles. The number of carbonyl (C=O) groups is 1. The van der Waals surface area contributed by atoms with Gasteiger partial charge in [-0.25, -0.2) is 0 Å². The molecule has 0 spiro atoms. The van der Waals surface area contributed by atoms with Crippen LogP contribution in [0.5, 0.6) is 0 Å². The Bertz CT molecular complexity index is 255. The topological polar surface area (TPSA) is 54.3 Å². The van der Waals surface area contributed by atoms with E-state index < -0.39 is 6.10 Å². The first-order valence-electron chi connectivity index (χ1n) is 4.26. The van der Waals surface area contributed by atoms with Crippen LogP contribution in [0.3, 0.4) is 0 Å². The van der Waals surface area contributed by atoms with Crippen LogP contribution in [-0.2, 0) is 11.3 Å². The second kappa shape index (κ2) is 4.67. The summed E-state index contributed by atoms with van der Waals surface area (Å²) in [7, 11) is 0. The molecule has 1 amide bonds. The molecule has 0 radical (unpaired) electrons. The lowest BCUT2D eigenvalue weighted by Gasteiger charge is -2.07. The first-order valence-corrected chi connectivity index (χ1v) is 4.26. The molecule has 4 nitrogen and oxygen atoms in total. The fourth-order valence-corrected chi connectivity index (χ4v) is 0.975. The highest BCUT2D eigenvalue weighted by molar-refractivity contribution is 5.79. The molecule has 0 saturated carbocycles. The van der Waals surface area contributed by atoms with E-state index in [0.717, 1.165) is 6.54 Å². The molecule has 0 unspecified atom stereocenters. The molecule has 0 saturated heterocycles. The summed E-state index contributed by atoms with van der Waals surface area (Å²) in [5.74, 6) is -0.327. The Labute approximate surface area is 77.2 Å². The molecule has 4 heteroatoms. The van der Waals surface area contributed by atoms with Gasteiger partial charge in [0.05, 0.1) is 0 Å². The third-order valence-corrected chi connectivity index (χ3v) is 1.71. The highest BCUT2D eigenvalue weighted by Gasteiger charge is 2.06. The molecule has 0 bridgehead atoms. The van der Waals surface area contributed by atoms with Crippen molar-refractivity contribution in [1.29, 1.82) is 0 Å². The van der Waals surface area contributed by atoms with Crippen molar-refractivity contribution >= 4 is 5.91 Å². The second-order valence-electron chi connectivity index (χ2n) is 2.89. The number of hydrogen-bond acceptors (Lipinski definition) is 2. The lowest BCUT2D eigenvalue weighted by molar-refractivity contribution is -0.128. The van der Waals surface area contributed by atoms with Crippen LogP contribution in [0, 0.1) is 0 Å². The first kappa shape index (κ1) is 9.80. The van der Waals surface area contributed by atoms with Crippen molar-refractivity contribution < 1.29 is 9.90 Å². The Balaban J connectivity index is 2.18. The van der Waals surface area contributed by atoms with E-state index >= 15 is 0 Å². The average molecular weight is 182 g/mol. The molecule has 1 aromatic heterocycles. The van der Waals surface area contributed by atoms with Crippen molar-refractivity contribution in [3.05, 3.63) is 24.5 Å². The molecule has 1 atom stereocenters. The van der Waals surface area contributed by atoms with Gasteiger partial charge in [0, 0.05) is 25.5 Å². The number of nitrogens with zero attached hydrogens (tertiary/aromatic N) is 1. The van der Waals surface area contributed by atoms with Crippen molar-refractivity contribution in [2.24, 2.45) is 0 Å². The van der Waals surface area contributed by atoms with Gasteiger partial charge in [0.15, 0.2) is 0 Å². The Morgan fingerprint density at radius 3 is 2.69 bits per heavy atom. The normalized spacial score (nSPS) is 12.5. The minimum atomic E-state index is -0.926. The minimum absolute atomic E-state index is 0.327. The molecule has 13 heavy (non-hydrogen) atoms. The van der Waals surface area contributed by atoms with Gasteiger partial charge in [0.25, 0.3) is 0 Å². The zero-order valence-electron chi connectivity index (χ0n) is 7.60. The maximum atomic E-state index is 10.9. The van der Waals surface area contributed by atoms with Crippen LogP contribution in [0.4, 0.5) is 0 Å². The van der Waals surface area contributed by atoms with E-state index in [9.17, 15) is 4.79 Å². The number of rotatable bonds is 4. The maximum absolute atomic E-state index is 10.9. The van der Waals surface area contributed by atoms with Gasteiger partial charge in [-0.3, -0.25) is 4.79 Å². The van der Waals surface area contributed by atoms with E-state index in [1.54, 1.807) is 0 Å². The number of nitrogens with one attached hydrogen (secondary N) is 1. The number of amides is 1. The zero-order valence-corrected chi connectivity index (χ0v) is 7.60. The second-order valence-corrected chi connectivity index (χ2v) is 2.89. The molecule has 2 N–H and O–H groups in total. The summed E-state index contributed by atoms with van der Waals surface area (Å²) in [6.45, 7) is 2.72. The van der Waals surface area contributed by atoms with Crippen molar-refractivity contribution in [1.82, 2.24) is 9.88 Å². The van der Waals surface area contributed by atoms with Crippen LogP contribution < -0.4 is 5.32 Å². The molecular formula is C9H14N2O2. The summed E-state index contributed by atoms with van der Waals surface area (Å²) >= 11 is 0. The Morgan fingerprint density at radius 2 is 2.15 bits per heavy atom. The van der Waals surface area contributed by atoms with Gasteiger partial charge in [-0.15, -0.1) is 0 Å². The smallest absolute Gasteiger partial charge is 0.248 e. The molecule has 0 aromatic carbocycles. The highest BCUT2D eigenvalue weighted by atomic mass is 16.3. The van der Waals surface area contributed by atoms with E-state index in [2.05, 4.69) is 5.32 Å². The monoisotopic (exact) mass is 182 g/mol. The maximum Gasteiger partial charge on any atom is 0.248 e. The third-order valence-electron chi connectivity index (χ3n) is 1.71. The van der Waals surface area contributed by atoms with E-state index in [1.807, 2.05) is 29.1 Å². The molecule has 1 aromatic rings. The van der Waals surface area contributed by atoms with Gasteiger partial charge in [0.2, 0.25) is 5.91 Å². The fraction of sp³-hybridized carbons (Fsp3) is 0.444. The Morgan fingerprint density at radius 1 is 1.54 bits per heavy atom. The standard InChI is InChI=1S/C9H14N2O2/c1-8(12)9(13)10-4-7-11-5-2-3-6-11/h2-3,5-6,8,12H,4,7H2,1H3,(H,10,13)/t8-/m1/s1. The lowest BCUT2D eigenvalue weighted by Crippen LogP contribution is -2.34. The molecule has 1 heterocycles. The highest BCUT2D eigenvalue weighted by Crippen LogP contribution is 1.88. The van der Waals surface area contributed by atoms with Crippen LogP contribution in [0.15, 0.2) is 24.5 Å². The van der Waals surface area contributed by atoms with Gasteiger partial charge < -0.3 is 15.0 Å². The summed E-state index contributed by atoms with van der Waals surface area (Å²) in [5.41, 5.74) is 0. The first-order chi connectivity index (χ1) is 6.20. The molecule has 1 rings (SSSR count). The Kier molecular flexibility index (Phi) is 3.52. The van der Waals surface area contributed by atoms with Gasteiger partial charge in [-0.1, -0.05) is 0 Å². The van der Waals surface area contributed by atoms with Crippen molar-refractivity contribution in [2.45, 2.75) is 19.6 Å². The van der Waals surface area contributed by atoms with Crippen LogP contribution in [0.2, 0.25) is 0 Å². The number of aliphatic hydroxyl groups excluding tert-OH is 1. The van der Waals surface area contributed by atoms with Crippen molar-refractivity contribution in [3.8, 4) is 0 Å². The van der Waals surface area contributed by atoms with Crippen molar-refractivity contribution in [2.75, 3.05) is 6.54 Å². The van der Waals surface area contributed by atoms with E-state index in [4.69, 9.17) is 5.11 Å². The Hall–Kier alpha value is -1.29. The van der Waals surface area contributed by atoms with Crippen molar-refractivity contribution in [3.63, 3.8) is 0 Å². The zero-order chi connectivity index (χ0) is 9.68. The number of carbonyl (C=O) groups excluding carboxylic acids is 1. The summed E-state index contributed by atoms with van der Waals surface area (Å²) in [5, 5.41) is 11.5. The SMILES string of the molecule is C[C@@H](O)C(=O)NCCn1cccc1. The predicted octanol–water partition coefficient (Wildman–Crippen LogP) is -0.0149. The minimum Gasteiger partial charge on any atom is -0.384 e. The number of aliphatic hydroxyl groups is 1. The lowest BCUT2D eigenvalue weighted by atomic mass is 10.4. The number of hydrogen-bond donors (Lipinski definition) is 2. The largest absolute Gasteiger partial charge is 0.384 e.